The van der Waals surface area contributed by atoms with Gasteiger partial charge in [-0.15, -0.1) is 0 Å². The Labute approximate surface area is 120 Å². The molecular formula is C18H24F2. The molecule has 2 aliphatic rings. The second-order valence-electron chi connectivity index (χ2n) is 6.53. The van der Waals surface area contributed by atoms with E-state index in [0.29, 0.717) is 5.92 Å². The van der Waals surface area contributed by atoms with E-state index in [1.54, 1.807) is 0 Å². The molecule has 1 aromatic carbocycles. The molecule has 2 aliphatic carbocycles. The molecule has 0 unspecified atom stereocenters. The van der Waals surface area contributed by atoms with Crippen LogP contribution in [0.1, 0.15) is 87.2 Å². The first kappa shape index (κ1) is 14.0. The van der Waals surface area contributed by atoms with Crippen LogP contribution in [0.15, 0.2) is 12.1 Å². The molecular weight excluding hydrogens is 254 g/mol. The summed E-state index contributed by atoms with van der Waals surface area (Å²) in [6.45, 7) is 0. The van der Waals surface area contributed by atoms with Gasteiger partial charge >= 0.3 is 0 Å². The zero-order chi connectivity index (χ0) is 13.9. The van der Waals surface area contributed by atoms with Crippen LogP contribution in [0, 0.1) is 11.6 Å². The Kier molecular flexibility index (Phi) is 4.38. The number of halogens is 2. The first-order valence-corrected chi connectivity index (χ1v) is 8.25. The topological polar surface area (TPSA) is 0 Å². The average molecular weight is 278 g/mol. The molecule has 0 radical (unpaired) electrons. The Morgan fingerprint density at radius 1 is 0.700 bits per heavy atom. The van der Waals surface area contributed by atoms with Crippen molar-refractivity contribution in [2.24, 2.45) is 0 Å². The third-order valence-corrected chi connectivity index (χ3v) is 5.22. The molecule has 2 saturated carbocycles. The quantitative estimate of drug-likeness (QED) is 0.616. The fourth-order valence-electron chi connectivity index (χ4n) is 4.16. The van der Waals surface area contributed by atoms with Crippen molar-refractivity contribution >= 4 is 0 Å². The van der Waals surface area contributed by atoms with Crippen LogP contribution in [0.2, 0.25) is 0 Å². The Morgan fingerprint density at radius 2 is 1.25 bits per heavy atom. The summed E-state index contributed by atoms with van der Waals surface area (Å²) >= 11 is 0. The van der Waals surface area contributed by atoms with Crippen molar-refractivity contribution in [3.05, 3.63) is 34.9 Å². The van der Waals surface area contributed by atoms with E-state index < -0.39 is 11.6 Å². The van der Waals surface area contributed by atoms with Crippen molar-refractivity contribution in [3.63, 3.8) is 0 Å². The van der Waals surface area contributed by atoms with Gasteiger partial charge in [0.25, 0.3) is 0 Å². The maximum atomic E-state index is 14.4. The van der Waals surface area contributed by atoms with Gasteiger partial charge in [-0.2, -0.15) is 0 Å². The molecule has 3 rings (SSSR count). The molecule has 0 heterocycles. The van der Waals surface area contributed by atoms with Gasteiger partial charge in [0.1, 0.15) is 0 Å². The largest absolute Gasteiger partial charge is 0.204 e. The standard InChI is InChI=1S/C18H24F2/c19-16-12-11-15(13-7-3-1-4-8-13)17(18(16)20)14-9-5-2-6-10-14/h11-14H,1-10H2. The molecule has 0 nitrogen and oxygen atoms in total. The Bertz CT molecular complexity index is 455. The Morgan fingerprint density at radius 3 is 1.85 bits per heavy atom. The second-order valence-corrected chi connectivity index (χ2v) is 6.53. The highest BCUT2D eigenvalue weighted by Crippen LogP contribution is 2.42. The number of benzene rings is 1. The molecule has 0 bridgehead atoms. The lowest BCUT2D eigenvalue weighted by molar-refractivity contribution is 0.397. The van der Waals surface area contributed by atoms with E-state index in [-0.39, 0.29) is 5.92 Å². The van der Waals surface area contributed by atoms with Crippen molar-refractivity contribution in [2.45, 2.75) is 76.0 Å². The minimum absolute atomic E-state index is 0.247. The normalized spacial score (nSPS) is 22.1. The van der Waals surface area contributed by atoms with Crippen LogP contribution < -0.4 is 0 Å². The van der Waals surface area contributed by atoms with E-state index in [0.717, 1.165) is 49.7 Å². The van der Waals surface area contributed by atoms with Crippen molar-refractivity contribution in [1.29, 1.82) is 0 Å². The highest BCUT2D eigenvalue weighted by atomic mass is 19.2. The summed E-state index contributed by atoms with van der Waals surface area (Å²) in [4.78, 5) is 0. The predicted molar refractivity (Wildman–Crippen MR) is 78.0 cm³/mol. The van der Waals surface area contributed by atoms with Crippen LogP contribution in [0.25, 0.3) is 0 Å². The Balaban J connectivity index is 1.97. The molecule has 20 heavy (non-hydrogen) atoms. The summed E-state index contributed by atoms with van der Waals surface area (Å²) in [5.74, 6) is -0.516. The minimum atomic E-state index is -0.662. The summed E-state index contributed by atoms with van der Waals surface area (Å²) in [6, 6.07) is 3.21. The number of hydrogen-bond donors (Lipinski definition) is 0. The van der Waals surface area contributed by atoms with Crippen LogP contribution in [-0.2, 0) is 0 Å². The monoisotopic (exact) mass is 278 g/mol. The number of hydrogen-bond acceptors (Lipinski definition) is 0. The summed E-state index contributed by atoms with van der Waals surface area (Å²) < 4.78 is 28.1. The lowest BCUT2D eigenvalue weighted by Crippen LogP contribution is -2.15. The lowest BCUT2D eigenvalue weighted by Gasteiger charge is -2.30. The number of rotatable bonds is 2. The highest BCUT2D eigenvalue weighted by molar-refractivity contribution is 5.36. The van der Waals surface area contributed by atoms with Gasteiger partial charge < -0.3 is 0 Å². The van der Waals surface area contributed by atoms with Crippen LogP contribution in [0.4, 0.5) is 8.78 Å². The SMILES string of the molecule is Fc1ccc(C2CCCCC2)c(C2CCCCC2)c1F. The summed E-state index contributed by atoms with van der Waals surface area (Å²) in [6.07, 6.45) is 11.7. The predicted octanol–water partition coefficient (Wildman–Crippen LogP) is 6.06. The zero-order valence-corrected chi connectivity index (χ0v) is 12.1. The van der Waals surface area contributed by atoms with Crippen molar-refractivity contribution in [1.82, 2.24) is 0 Å². The molecule has 0 spiro atoms. The lowest BCUT2D eigenvalue weighted by atomic mass is 9.75. The molecule has 0 saturated heterocycles. The molecule has 0 aromatic heterocycles. The summed E-state index contributed by atoms with van der Waals surface area (Å²) in [5, 5.41) is 0. The fourth-order valence-corrected chi connectivity index (χ4v) is 4.16. The maximum absolute atomic E-state index is 14.4. The molecule has 0 aliphatic heterocycles. The fraction of sp³-hybridized carbons (Fsp3) is 0.667. The van der Waals surface area contributed by atoms with Gasteiger partial charge in [-0.25, -0.2) is 8.78 Å². The van der Waals surface area contributed by atoms with E-state index in [2.05, 4.69) is 0 Å². The zero-order valence-electron chi connectivity index (χ0n) is 12.1. The van der Waals surface area contributed by atoms with E-state index in [9.17, 15) is 8.78 Å². The van der Waals surface area contributed by atoms with Gasteiger partial charge in [0.15, 0.2) is 11.6 Å². The van der Waals surface area contributed by atoms with Gasteiger partial charge in [0.2, 0.25) is 0 Å². The highest BCUT2D eigenvalue weighted by Gasteiger charge is 2.28. The van der Waals surface area contributed by atoms with Gasteiger partial charge in [0, 0.05) is 0 Å². The first-order valence-electron chi connectivity index (χ1n) is 8.25. The van der Waals surface area contributed by atoms with E-state index in [1.165, 1.54) is 31.7 Å². The van der Waals surface area contributed by atoms with Crippen LogP contribution in [0.5, 0.6) is 0 Å². The van der Waals surface area contributed by atoms with Gasteiger partial charge in [0.05, 0.1) is 0 Å². The maximum Gasteiger partial charge on any atom is 0.162 e. The van der Waals surface area contributed by atoms with Crippen LogP contribution in [0.3, 0.4) is 0 Å². The van der Waals surface area contributed by atoms with Crippen molar-refractivity contribution < 1.29 is 8.78 Å². The van der Waals surface area contributed by atoms with Gasteiger partial charge in [-0.05, 0) is 54.7 Å². The van der Waals surface area contributed by atoms with E-state index in [4.69, 9.17) is 0 Å². The van der Waals surface area contributed by atoms with Crippen LogP contribution in [-0.4, -0.2) is 0 Å². The van der Waals surface area contributed by atoms with Gasteiger partial charge in [-0.3, -0.25) is 0 Å². The van der Waals surface area contributed by atoms with E-state index in [1.807, 2.05) is 6.07 Å². The first-order chi connectivity index (χ1) is 9.77. The molecule has 2 heteroatoms. The summed E-state index contributed by atoms with van der Waals surface area (Å²) in [5.41, 5.74) is 1.85. The average Bonchev–Trinajstić information content (AvgIpc) is 2.51. The molecule has 110 valence electrons. The molecule has 0 atom stereocenters. The Hall–Kier alpha value is -0.920. The smallest absolute Gasteiger partial charge is 0.162 e. The van der Waals surface area contributed by atoms with Crippen molar-refractivity contribution in [2.75, 3.05) is 0 Å². The van der Waals surface area contributed by atoms with E-state index >= 15 is 0 Å². The second kappa shape index (κ2) is 6.24. The third kappa shape index (κ3) is 2.75. The third-order valence-electron chi connectivity index (χ3n) is 5.22. The summed E-state index contributed by atoms with van der Waals surface area (Å²) in [7, 11) is 0. The molecule has 2 fully saturated rings. The molecule has 0 amide bonds. The molecule has 1 aromatic rings. The van der Waals surface area contributed by atoms with Crippen LogP contribution >= 0.6 is 0 Å². The minimum Gasteiger partial charge on any atom is -0.204 e. The molecule has 0 N–H and O–H groups in total. The van der Waals surface area contributed by atoms with Gasteiger partial charge in [-0.1, -0.05) is 44.6 Å². The van der Waals surface area contributed by atoms with Crippen molar-refractivity contribution in [3.8, 4) is 0 Å².